The lowest BCUT2D eigenvalue weighted by Crippen LogP contribution is -2.40. The van der Waals surface area contributed by atoms with E-state index >= 15 is 0 Å². The minimum absolute atomic E-state index is 0.159. The van der Waals surface area contributed by atoms with Crippen LogP contribution in [0.3, 0.4) is 0 Å². The van der Waals surface area contributed by atoms with Crippen LogP contribution in [0.4, 0.5) is 0 Å². The van der Waals surface area contributed by atoms with E-state index in [1.54, 1.807) is 4.68 Å². The van der Waals surface area contributed by atoms with Gasteiger partial charge in [0.1, 0.15) is 6.04 Å². The second-order valence-electron chi connectivity index (χ2n) is 5.19. The number of rotatable bonds is 7. The van der Waals surface area contributed by atoms with Gasteiger partial charge in [-0.25, -0.2) is 4.79 Å². The molecule has 0 aliphatic carbocycles. The number of carboxylic acids is 1. The molecule has 0 aliphatic rings. The van der Waals surface area contributed by atoms with Crippen LogP contribution in [-0.4, -0.2) is 32.8 Å². The number of carboxylic acid groups (broad SMARTS) is 1. The molecule has 0 radical (unpaired) electrons. The van der Waals surface area contributed by atoms with E-state index < -0.39 is 12.0 Å². The molecule has 1 heterocycles. The Balaban J connectivity index is 2.81. The number of amides is 1. The summed E-state index contributed by atoms with van der Waals surface area (Å²) in [4.78, 5) is 23.3. The summed E-state index contributed by atoms with van der Waals surface area (Å²) in [6, 6.07) is -0.684. The van der Waals surface area contributed by atoms with Gasteiger partial charge in [0, 0.05) is 11.7 Å². The average Bonchev–Trinajstić information content (AvgIpc) is 2.75. The Labute approximate surface area is 119 Å². The van der Waals surface area contributed by atoms with Gasteiger partial charge in [-0.3, -0.25) is 9.48 Å². The van der Waals surface area contributed by atoms with Gasteiger partial charge >= 0.3 is 5.97 Å². The van der Waals surface area contributed by atoms with Crippen molar-refractivity contribution in [3.63, 3.8) is 0 Å². The number of aromatic nitrogens is 2. The van der Waals surface area contributed by atoms with Crippen LogP contribution in [0.2, 0.25) is 0 Å². The molecule has 1 aromatic heterocycles. The molecule has 20 heavy (non-hydrogen) atoms. The standard InChI is InChI=1S/C14H23N3O3/c1-5-6-7-12(14(19)20)16-13(18)11-8-15-17(9(2)3)10(11)4/h8-9,12H,5-7H2,1-4H3,(H,16,18)(H,19,20)/t12-/m0/s1. The predicted molar refractivity (Wildman–Crippen MR) is 75.8 cm³/mol. The smallest absolute Gasteiger partial charge is 0.326 e. The highest BCUT2D eigenvalue weighted by Gasteiger charge is 2.22. The Kier molecular flexibility index (Phi) is 5.73. The Hall–Kier alpha value is -1.85. The van der Waals surface area contributed by atoms with Gasteiger partial charge in [-0.05, 0) is 27.2 Å². The molecule has 0 saturated carbocycles. The molecule has 0 saturated heterocycles. The molecule has 2 N–H and O–H groups in total. The number of hydrogen-bond acceptors (Lipinski definition) is 3. The second kappa shape index (κ2) is 7.07. The lowest BCUT2D eigenvalue weighted by Gasteiger charge is -2.14. The van der Waals surface area contributed by atoms with Crippen molar-refractivity contribution in [2.24, 2.45) is 0 Å². The van der Waals surface area contributed by atoms with Gasteiger partial charge in [-0.1, -0.05) is 19.8 Å². The van der Waals surface area contributed by atoms with Gasteiger partial charge in [-0.2, -0.15) is 5.10 Å². The molecule has 1 amide bonds. The molecule has 1 aromatic rings. The molecule has 0 spiro atoms. The van der Waals surface area contributed by atoms with Gasteiger partial charge in [0.2, 0.25) is 0 Å². The normalized spacial score (nSPS) is 12.4. The number of unbranched alkanes of at least 4 members (excludes halogenated alkanes) is 1. The first-order valence-corrected chi connectivity index (χ1v) is 6.96. The molecule has 6 heteroatoms. The first kappa shape index (κ1) is 16.2. The highest BCUT2D eigenvalue weighted by Crippen LogP contribution is 2.13. The molecule has 0 bridgehead atoms. The average molecular weight is 281 g/mol. The highest BCUT2D eigenvalue weighted by atomic mass is 16.4. The first-order chi connectivity index (χ1) is 9.38. The molecular formula is C14H23N3O3. The predicted octanol–water partition coefficient (Wildman–Crippen LogP) is 2.15. The fourth-order valence-electron chi connectivity index (χ4n) is 2.07. The Morgan fingerprint density at radius 1 is 1.45 bits per heavy atom. The van der Waals surface area contributed by atoms with Crippen LogP contribution < -0.4 is 5.32 Å². The molecule has 1 atom stereocenters. The van der Waals surface area contributed by atoms with Crippen LogP contribution in [0, 0.1) is 6.92 Å². The summed E-state index contributed by atoms with van der Waals surface area (Å²) >= 11 is 0. The summed E-state index contributed by atoms with van der Waals surface area (Å²) < 4.78 is 1.75. The zero-order chi connectivity index (χ0) is 15.3. The largest absolute Gasteiger partial charge is 0.480 e. The maximum absolute atomic E-state index is 12.2. The molecule has 112 valence electrons. The van der Waals surface area contributed by atoms with E-state index in [-0.39, 0.29) is 11.9 Å². The van der Waals surface area contributed by atoms with Crippen LogP contribution in [0.15, 0.2) is 6.20 Å². The Bertz CT molecular complexity index is 480. The van der Waals surface area contributed by atoms with Gasteiger partial charge in [0.15, 0.2) is 0 Å². The van der Waals surface area contributed by atoms with E-state index in [9.17, 15) is 9.59 Å². The molecule has 0 aromatic carbocycles. The number of nitrogens with zero attached hydrogens (tertiary/aromatic N) is 2. The molecule has 0 aliphatic heterocycles. The molecule has 0 fully saturated rings. The monoisotopic (exact) mass is 281 g/mol. The van der Waals surface area contributed by atoms with E-state index in [2.05, 4.69) is 10.4 Å². The fraction of sp³-hybridized carbons (Fsp3) is 0.643. The maximum atomic E-state index is 12.2. The van der Waals surface area contributed by atoms with Crippen LogP contribution in [0.5, 0.6) is 0 Å². The summed E-state index contributed by atoms with van der Waals surface area (Å²) in [7, 11) is 0. The van der Waals surface area contributed by atoms with Gasteiger partial charge in [0.25, 0.3) is 5.91 Å². The fourth-order valence-corrected chi connectivity index (χ4v) is 2.07. The van der Waals surface area contributed by atoms with E-state index in [4.69, 9.17) is 5.11 Å². The van der Waals surface area contributed by atoms with E-state index in [0.717, 1.165) is 18.5 Å². The van der Waals surface area contributed by atoms with Crippen molar-refractivity contribution in [1.82, 2.24) is 15.1 Å². The summed E-state index contributed by atoms with van der Waals surface area (Å²) in [5, 5.41) is 15.9. The van der Waals surface area contributed by atoms with Gasteiger partial charge < -0.3 is 10.4 Å². The molecule has 1 rings (SSSR count). The maximum Gasteiger partial charge on any atom is 0.326 e. The first-order valence-electron chi connectivity index (χ1n) is 6.96. The van der Waals surface area contributed by atoms with Crippen molar-refractivity contribution in [1.29, 1.82) is 0 Å². The minimum Gasteiger partial charge on any atom is -0.480 e. The second-order valence-corrected chi connectivity index (χ2v) is 5.19. The highest BCUT2D eigenvalue weighted by molar-refractivity contribution is 5.97. The minimum atomic E-state index is -0.999. The number of carbonyl (C=O) groups excluding carboxylic acids is 1. The van der Waals surface area contributed by atoms with E-state index in [1.807, 2.05) is 27.7 Å². The van der Waals surface area contributed by atoms with Crippen LogP contribution in [-0.2, 0) is 4.79 Å². The molecular weight excluding hydrogens is 258 g/mol. The lowest BCUT2D eigenvalue weighted by molar-refractivity contribution is -0.139. The number of nitrogens with one attached hydrogen (secondary N) is 1. The molecule has 6 nitrogen and oxygen atoms in total. The number of carbonyl (C=O) groups is 2. The van der Waals surface area contributed by atoms with E-state index in [1.165, 1.54) is 6.20 Å². The lowest BCUT2D eigenvalue weighted by atomic mass is 10.1. The van der Waals surface area contributed by atoms with Crippen molar-refractivity contribution in [3.8, 4) is 0 Å². The number of aliphatic carboxylic acids is 1. The quantitative estimate of drug-likeness (QED) is 0.802. The zero-order valence-electron chi connectivity index (χ0n) is 12.5. The zero-order valence-corrected chi connectivity index (χ0v) is 12.5. The number of hydrogen-bond donors (Lipinski definition) is 2. The van der Waals surface area contributed by atoms with Crippen molar-refractivity contribution >= 4 is 11.9 Å². The van der Waals surface area contributed by atoms with Crippen molar-refractivity contribution in [2.75, 3.05) is 0 Å². The summed E-state index contributed by atoms with van der Waals surface area (Å²) in [6.07, 6.45) is 3.59. The topological polar surface area (TPSA) is 84.2 Å². The van der Waals surface area contributed by atoms with Gasteiger partial charge in [-0.15, -0.1) is 0 Å². The third kappa shape index (κ3) is 3.82. The van der Waals surface area contributed by atoms with Crippen molar-refractivity contribution < 1.29 is 14.7 Å². The SMILES string of the molecule is CCCC[C@H](NC(=O)c1cnn(C(C)C)c1C)C(=O)O. The van der Waals surface area contributed by atoms with Crippen molar-refractivity contribution in [2.45, 2.75) is 59.0 Å². The van der Waals surface area contributed by atoms with Crippen LogP contribution >= 0.6 is 0 Å². The Morgan fingerprint density at radius 2 is 2.10 bits per heavy atom. The summed E-state index contributed by atoms with van der Waals surface area (Å²) in [5.74, 6) is -1.38. The third-order valence-electron chi connectivity index (χ3n) is 3.23. The third-order valence-corrected chi connectivity index (χ3v) is 3.23. The van der Waals surface area contributed by atoms with Crippen molar-refractivity contribution in [3.05, 3.63) is 17.5 Å². The molecule has 0 unspecified atom stereocenters. The van der Waals surface area contributed by atoms with Crippen LogP contribution in [0.25, 0.3) is 0 Å². The Morgan fingerprint density at radius 3 is 2.55 bits per heavy atom. The van der Waals surface area contributed by atoms with Crippen LogP contribution in [0.1, 0.15) is 62.1 Å². The van der Waals surface area contributed by atoms with Gasteiger partial charge in [0.05, 0.1) is 11.8 Å². The van der Waals surface area contributed by atoms with E-state index in [0.29, 0.717) is 12.0 Å². The summed E-state index contributed by atoms with van der Waals surface area (Å²) in [6.45, 7) is 7.74. The summed E-state index contributed by atoms with van der Waals surface area (Å²) in [5.41, 5.74) is 1.18.